The van der Waals surface area contributed by atoms with Crippen molar-refractivity contribution in [3.8, 4) is 0 Å². The van der Waals surface area contributed by atoms with Crippen molar-refractivity contribution < 1.29 is 9.90 Å². The summed E-state index contributed by atoms with van der Waals surface area (Å²) in [6.45, 7) is 0.743. The summed E-state index contributed by atoms with van der Waals surface area (Å²) < 4.78 is 1.72. The van der Waals surface area contributed by atoms with Crippen LogP contribution in [0.4, 0.5) is 0 Å². The van der Waals surface area contributed by atoms with Crippen LogP contribution in [0.2, 0.25) is 0 Å². The van der Waals surface area contributed by atoms with Gasteiger partial charge in [0.2, 0.25) is 0 Å². The van der Waals surface area contributed by atoms with Gasteiger partial charge in [-0.05, 0) is 24.1 Å². The number of carbonyl (C=O) groups is 1. The van der Waals surface area contributed by atoms with Crippen molar-refractivity contribution in [1.29, 1.82) is 0 Å². The van der Waals surface area contributed by atoms with Gasteiger partial charge in [-0.2, -0.15) is 5.10 Å². The predicted octanol–water partition coefficient (Wildman–Crippen LogP) is 2.30. The van der Waals surface area contributed by atoms with Crippen molar-refractivity contribution in [3.05, 3.63) is 47.8 Å². The Morgan fingerprint density at radius 1 is 1.44 bits per heavy atom. The van der Waals surface area contributed by atoms with Crippen LogP contribution in [0.1, 0.15) is 16.1 Å². The molecule has 0 radical (unpaired) electrons. The zero-order valence-electron chi connectivity index (χ0n) is 9.61. The zero-order valence-corrected chi connectivity index (χ0v) is 10.4. The first kappa shape index (κ1) is 11.3. The standard InChI is InChI=1S/C13H12N2O2S/c16-13(17)11-5-6-15(14-11)8-10-7-9-3-1-2-4-12(9)18-10/h1-6,10H,7-8H2,(H,16,17). The van der Waals surface area contributed by atoms with E-state index in [0.29, 0.717) is 5.25 Å². The number of hydrogen-bond donors (Lipinski definition) is 1. The third-order valence-electron chi connectivity index (χ3n) is 2.96. The SMILES string of the molecule is O=C(O)c1ccn(CC2Cc3ccccc3S2)n1. The first-order valence-corrected chi connectivity index (χ1v) is 6.61. The van der Waals surface area contributed by atoms with Crippen LogP contribution in [0.5, 0.6) is 0 Å². The van der Waals surface area contributed by atoms with Crippen LogP contribution in [0.3, 0.4) is 0 Å². The molecule has 2 aromatic rings. The predicted molar refractivity (Wildman–Crippen MR) is 69.0 cm³/mol. The lowest BCUT2D eigenvalue weighted by molar-refractivity contribution is 0.0689. The minimum Gasteiger partial charge on any atom is -0.476 e. The van der Waals surface area contributed by atoms with Crippen molar-refractivity contribution in [2.75, 3.05) is 0 Å². The highest BCUT2D eigenvalue weighted by Gasteiger charge is 2.22. The lowest BCUT2D eigenvalue weighted by atomic mass is 10.1. The molecule has 1 aliphatic rings. The van der Waals surface area contributed by atoms with Crippen LogP contribution in [0.15, 0.2) is 41.4 Å². The number of fused-ring (bicyclic) bond motifs is 1. The van der Waals surface area contributed by atoms with Crippen molar-refractivity contribution in [2.24, 2.45) is 0 Å². The topological polar surface area (TPSA) is 55.1 Å². The summed E-state index contributed by atoms with van der Waals surface area (Å²) in [4.78, 5) is 12.1. The van der Waals surface area contributed by atoms with E-state index in [4.69, 9.17) is 5.11 Å². The number of thioether (sulfide) groups is 1. The number of benzene rings is 1. The lowest BCUT2D eigenvalue weighted by Crippen LogP contribution is -2.13. The molecule has 92 valence electrons. The third-order valence-corrected chi connectivity index (χ3v) is 4.27. The van der Waals surface area contributed by atoms with Gasteiger partial charge in [0, 0.05) is 16.3 Å². The number of carboxylic acid groups (broad SMARTS) is 1. The smallest absolute Gasteiger partial charge is 0.356 e. The maximum absolute atomic E-state index is 10.7. The van der Waals surface area contributed by atoms with Crippen LogP contribution in [-0.4, -0.2) is 26.1 Å². The molecule has 2 heterocycles. The zero-order chi connectivity index (χ0) is 12.5. The van der Waals surface area contributed by atoms with Crippen LogP contribution < -0.4 is 0 Å². The van der Waals surface area contributed by atoms with E-state index in [1.54, 1.807) is 10.9 Å². The Hall–Kier alpha value is -1.75. The van der Waals surface area contributed by atoms with Gasteiger partial charge >= 0.3 is 5.97 Å². The van der Waals surface area contributed by atoms with E-state index in [9.17, 15) is 4.79 Å². The summed E-state index contributed by atoms with van der Waals surface area (Å²) in [7, 11) is 0. The molecule has 5 heteroatoms. The van der Waals surface area contributed by atoms with E-state index >= 15 is 0 Å². The number of carboxylic acids is 1. The Morgan fingerprint density at radius 3 is 3.00 bits per heavy atom. The summed E-state index contributed by atoms with van der Waals surface area (Å²) in [5, 5.41) is 13.3. The van der Waals surface area contributed by atoms with E-state index < -0.39 is 5.97 Å². The van der Waals surface area contributed by atoms with E-state index in [-0.39, 0.29) is 5.69 Å². The van der Waals surface area contributed by atoms with Gasteiger partial charge in [0.05, 0.1) is 6.54 Å². The lowest BCUT2D eigenvalue weighted by Gasteiger charge is -2.07. The summed E-state index contributed by atoms with van der Waals surface area (Å²) in [5.41, 5.74) is 1.48. The average molecular weight is 260 g/mol. The molecule has 0 saturated carbocycles. The van der Waals surface area contributed by atoms with Gasteiger partial charge in [-0.15, -0.1) is 11.8 Å². The largest absolute Gasteiger partial charge is 0.476 e. The fourth-order valence-electron chi connectivity index (χ4n) is 2.14. The highest BCUT2D eigenvalue weighted by atomic mass is 32.2. The second-order valence-electron chi connectivity index (χ2n) is 4.28. The Bertz CT molecular complexity index is 569. The molecule has 1 N–H and O–H groups in total. The molecule has 0 aliphatic carbocycles. The minimum atomic E-state index is -0.976. The van der Waals surface area contributed by atoms with E-state index in [2.05, 4.69) is 23.3 Å². The fraction of sp³-hybridized carbons (Fsp3) is 0.231. The Morgan fingerprint density at radius 2 is 2.28 bits per heavy atom. The maximum atomic E-state index is 10.7. The molecule has 0 saturated heterocycles. The second-order valence-corrected chi connectivity index (χ2v) is 5.62. The molecule has 0 fully saturated rings. The molecule has 1 aliphatic heterocycles. The summed E-state index contributed by atoms with van der Waals surface area (Å²) in [6.07, 6.45) is 2.75. The molecule has 1 atom stereocenters. The van der Waals surface area contributed by atoms with Gasteiger partial charge in [0.1, 0.15) is 0 Å². The third kappa shape index (κ3) is 2.13. The molecule has 0 bridgehead atoms. The highest BCUT2D eigenvalue weighted by Crippen LogP contribution is 2.37. The van der Waals surface area contributed by atoms with Crippen molar-refractivity contribution >= 4 is 17.7 Å². The molecule has 1 aromatic carbocycles. The number of aromatic nitrogens is 2. The maximum Gasteiger partial charge on any atom is 0.356 e. The van der Waals surface area contributed by atoms with Crippen LogP contribution >= 0.6 is 11.8 Å². The van der Waals surface area contributed by atoms with Crippen molar-refractivity contribution in [2.45, 2.75) is 23.1 Å². The van der Waals surface area contributed by atoms with E-state index in [1.165, 1.54) is 16.5 Å². The normalized spacial score (nSPS) is 17.7. The molecular weight excluding hydrogens is 248 g/mol. The Balaban J connectivity index is 1.70. The molecule has 4 nitrogen and oxygen atoms in total. The van der Waals surface area contributed by atoms with Gasteiger partial charge < -0.3 is 5.11 Å². The molecule has 1 aromatic heterocycles. The van der Waals surface area contributed by atoms with Crippen molar-refractivity contribution in [1.82, 2.24) is 9.78 Å². The fourth-order valence-corrected chi connectivity index (χ4v) is 3.45. The van der Waals surface area contributed by atoms with Crippen LogP contribution in [-0.2, 0) is 13.0 Å². The van der Waals surface area contributed by atoms with Gasteiger partial charge in [0.25, 0.3) is 0 Å². The Labute approximate surface area is 109 Å². The van der Waals surface area contributed by atoms with Crippen LogP contribution in [0, 0.1) is 0 Å². The van der Waals surface area contributed by atoms with Gasteiger partial charge in [-0.1, -0.05) is 18.2 Å². The summed E-state index contributed by atoms with van der Waals surface area (Å²) in [6, 6.07) is 9.91. The molecule has 1 unspecified atom stereocenters. The molecule has 18 heavy (non-hydrogen) atoms. The van der Waals surface area contributed by atoms with Gasteiger partial charge in [0.15, 0.2) is 5.69 Å². The Kier molecular flexibility index (Phi) is 2.83. The first-order valence-electron chi connectivity index (χ1n) is 5.73. The molecule has 3 rings (SSSR count). The number of nitrogens with zero attached hydrogens (tertiary/aromatic N) is 2. The number of aromatic carboxylic acids is 1. The summed E-state index contributed by atoms with van der Waals surface area (Å²) in [5.74, 6) is -0.976. The highest BCUT2D eigenvalue weighted by molar-refractivity contribution is 8.00. The molecular formula is C13H12N2O2S. The monoisotopic (exact) mass is 260 g/mol. The van der Waals surface area contributed by atoms with E-state index in [1.807, 2.05) is 17.8 Å². The van der Waals surface area contributed by atoms with Crippen molar-refractivity contribution in [3.63, 3.8) is 0 Å². The first-order chi connectivity index (χ1) is 8.72. The molecule has 0 amide bonds. The number of hydrogen-bond acceptors (Lipinski definition) is 3. The minimum absolute atomic E-state index is 0.107. The van der Waals surface area contributed by atoms with Gasteiger partial charge in [-0.25, -0.2) is 4.79 Å². The van der Waals surface area contributed by atoms with E-state index in [0.717, 1.165) is 13.0 Å². The summed E-state index contributed by atoms with van der Waals surface area (Å²) >= 11 is 1.84. The second kappa shape index (κ2) is 4.49. The van der Waals surface area contributed by atoms with Crippen LogP contribution in [0.25, 0.3) is 0 Å². The number of rotatable bonds is 3. The average Bonchev–Trinajstić information content (AvgIpc) is 2.94. The van der Waals surface area contributed by atoms with Gasteiger partial charge in [-0.3, -0.25) is 4.68 Å². The molecule has 0 spiro atoms. The quantitative estimate of drug-likeness (QED) is 0.920.